The monoisotopic (exact) mass is 510 g/mol. The molecule has 0 saturated carbocycles. The van der Waals surface area contributed by atoms with Gasteiger partial charge in [0.2, 0.25) is 0 Å². The van der Waals surface area contributed by atoms with Crippen molar-refractivity contribution in [3.63, 3.8) is 0 Å². The molecule has 3 nitrogen and oxygen atoms in total. The quantitative estimate of drug-likeness (QED) is 0.394. The van der Waals surface area contributed by atoms with Gasteiger partial charge in [-0.3, -0.25) is 0 Å². The summed E-state index contributed by atoms with van der Waals surface area (Å²) in [5.74, 6) is 1.11. The van der Waals surface area contributed by atoms with Gasteiger partial charge in [-0.15, -0.1) is 0 Å². The molecule has 2 rings (SSSR count). The first-order chi connectivity index (χ1) is 12.0. The van der Waals surface area contributed by atoms with E-state index in [1.165, 1.54) is 0 Å². The van der Waals surface area contributed by atoms with Gasteiger partial charge in [-0.1, -0.05) is 55.1 Å². The van der Waals surface area contributed by atoms with Gasteiger partial charge in [0.1, 0.15) is 11.5 Å². The maximum absolute atomic E-state index is 6.52. The Labute approximate surface area is 174 Å². The molecule has 0 atom stereocenters. The smallest absolute Gasteiger partial charge is 0.146 e. The number of halogens is 4. The first kappa shape index (κ1) is 21.0. The van der Waals surface area contributed by atoms with Crippen LogP contribution in [0.25, 0.3) is 0 Å². The number of methoxy groups -OCH3 is 2. The van der Waals surface area contributed by atoms with Crippen molar-refractivity contribution in [1.29, 1.82) is 0 Å². The highest BCUT2D eigenvalue weighted by atomic mass is 79.9. The Balaban J connectivity index is 2.33. The summed E-state index contributed by atoms with van der Waals surface area (Å²) < 4.78 is 18.1. The van der Waals surface area contributed by atoms with Crippen LogP contribution < -0.4 is 4.74 Å². The molecule has 0 amide bonds. The van der Waals surface area contributed by atoms with Crippen LogP contribution in [0.4, 0.5) is 0 Å². The van der Waals surface area contributed by atoms with Crippen LogP contribution in [0, 0.1) is 0 Å². The molecule has 0 N–H and O–H groups in total. The lowest BCUT2D eigenvalue weighted by Gasteiger charge is -2.15. The molecule has 0 unspecified atom stereocenters. The van der Waals surface area contributed by atoms with E-state index in [-0.39, 0.29) is 0 Å². The van der Waals surface area contributed by atoms with E-state index in [4.69, 9.17) is 37.4 Å². The molecule has 0 fully saturated rings. The average molecular weight is 513 g/mol. The fourth-order valence-electron chi connectivity index (χ4n) is 2.30. The van der Waals surface area contributed by atoms with E-state index < -0.39 is 0 Å². The third kappa shape index (κ3) is 5.34. The molecule has 2 aromatic carbocycles. The Morgan fingerprint density at radius 2 is 1.16 bits per heavy atom. The predicted octanol–water partition coefficient (Wildman–Crippen LogP) is 6.69. The van der Waals surface area contributed by atoms with Crippen molar-refractivity contribution in [1.82, 2.24) is 0 Å². The van der Waals surface area contributed by atoms with E-state index in [2.05, 4.69) is 31.9 Å². The Morgan fingerprint density at radius 1 is 0.760 bits per heavy atom. The fraction of sp³-hybridized carbons (Fsp3) is 0.333. The third-order valence-corrected chi connectivity index (χ3v) is 5.95. The zero-order valence-electron chi connectivity index (χ0n) is 13.9. The number of hydrogen-bond donors (Lipinski definition) is 0. The van der Waals surface area contributed by atoms with Gasteiger partial charge in [-0.05, 0) is 48.2 Å². The Bertz CT molecular complexity index is 677. The van der Waals surface area contributed by atoms with Crippen LogP contribution in [0.3, 0.4) is 0 Å². The second-order valence-corrected chi connectivity index (χ2v) is 7.73. The predicted molar refractivity (Wildman–Crippen MR) is 110 cm³/mol. The van der Waals surface area contributed by atoms with Gasteiger partial charge in [0.05, 0.1) is 23.3 Å². The summed E-state index contributed by atoms with van der Waals surface area (Å²) in [7, 11) is 3.32. The van der Waals surface area contributed by atoms with Crippen molar-refractivity contribution < 1.29 is 14.2 Å². The zero-order valence-corrected chi connectivity index (χ0v) is 18.6. The molecular weight excluding hydrogens is 495 g/mol. The van der Waals surface area contributed by atoms with Crippen LogP contribution in [0.5, 0.6) is 11.5 Å². The molecule has 7 heteroatoms. The second-order valence-electron chi connectivity index (χ2n) is 5.26. The van der Waals surface area contributed by atoms with Crippen LogP contribution in [-0.2, 0) is 22.3 Å². The average Bonchev–Trinajstić information content (AvgIpc) is 2.59. The minimum absolute atomic E-state index is 0.545. The lowest BCUT2D eigenvalue weighted by molar-refractivity contribution is 0.202. The summed E-state index contributed by atoms with van der Waals surface area (Å²) in [4.78, 5) is 0. The van der Waals surface area contributed by atoms with Gasteiger partial charge in [0.25, 0.3) is 0 Å². The van der Waals surface area contributed by atoms with E-state index >= 15 is 0 Å². The maximum atomic E-state index is 6.52. The van der Waals surface area contributed by atoms with Crippen LogP contribution in [0.1, 0.15) is 11.1 Å². The topological polar surface area (TPSA) is 27.7 Å². The van der Waals surface area contributed by atoms with Gasteiger partial charge < -0.3 is 14.2 Å². The number of ether oxygens (including phenoxy) is 3. The Morgan fingerprint density at radius 3 is 1.52 bits per heavy atom. The summed E-state index contributed by atoms with van der Waals surface area (Å²) in [6.07, 6.45) is 1.36. The van der Waals surface area contributed by atoms with Crippen molar-refractivity contribution >= 4 is 55.1 Å². The molecule has 0 aliphatic carbocycles. The minimum atomic E-state index is 0.545. The molecule has 0 bridgehead atoms. The summed E-state index contributed by atoms with van der Waals surface area (Å²) in [5, 5.41) is 1.09. The summed E-state index contributed by atoms with van der Waals surface area (Å²) in [6, 6.07) is 7.45. The zero-order chi connectivity index (χ0) is 18.4. The van der Waals surface area contributed by atoms with Crippen molar-refractivity contribution in [2.24, 2.45) is 0 Å². The van der Waals surface area contributed by atoms with Gasteiger partial charge in [-0.2, -0.15) is 0 Å². The fourth-order valence-corrected chi connectivity index (χ4v) is 4.18. The largest absolute Gasteiger partial charge is 0.454 e. The summed E-state index contributed by atoms with van der Waals surface area (Å²) in [6.45, 7) is 1.14. The van der Waals surface area contributed by atoms with E-state index in [0.29, 0.717) is 47.6 Å². The number of rotatable bonds is 8. The molecular formula is C18H18Br2Cl2O3. The van der Waals surface area contributed by atoms with Crippen LogP contribution in [-0.4, -0.2) is 27.4 Å². The normalized spacial score (nSPS) is 11.0. The molecule has 0 spiro atoms. The first-order valence-electron chi connectivity index (χ1n) is 7.59. The van der Waals surface area contributed by atoms with Gasteiger partial charge >= 0.3 is 0 Å². The van der Waals surface area contributed by atoms with E-state index in [1.807, 2.05) is 24.3 Å². The van der Waals surface area contributed by atoms with E-state index in [1.54, 1.807) is 14.2 Å². The van der Waals surface area contributed by atoms with Gasteiger partial charge in [-0.25, -0.2) is 0 Å². The summed E-state index contributed by atoms with van der Waals surface area (Å²) >= 11 is 20.1. The molecule has 0 aliphatic rings. The lowest BCUT2D eigenvalue weighted by atomic mass is 10.1. The molecule has 136 valence electrons. The molecule has 25 heavy (non-hydrogen) atoms. The molecule has 0 heterocycles. The van der Waals surface area contributed by atoms with Gasteiger partial charge in [0, 0.05) is 23.2 Å². The Hall–Kier alpha value is -0.300. The van der Waals surface area contributed by atoms with E-state index in [0.717, 1.165) is 20.1 Å². The third-order valence-electron chi connectivity index (χ3n) is 3.63. The molecule has 0 aliphatic heterocycles. The lowest BCUT2D eigenvalue weighted by Crippen LogP contribution is -2.00. The molecule has 0 aromatic heterocycles. The highest BCUT2D eigenvalue weighted by Crippen LogP contribution is 2.40. The van der Waals surface area contributed by atoms with Crippen LogP contribution >= 0.6 is 55.1 Å². The van der Waals surface area contributed by atoms with Crippen molar-refractivity contribution in [3.8, 4) is 11.5 Å². The second kappa shape index (κ2) is 10.1. The van der Waals surface area contributed by atoms with E-state index in [9.17, 15) is 0 Å². The molecule has 2 aromatic rings. The highest BCUT2D eigenvalue weighted by Gasteiger charge is 2.16. The Kier molecular flexibility index (Phi) is 8.52. The van der Waals surface area contributed by atoms with Gasteiger partial charge in [0.15, 0.2) is 0 Å². The summed E-state index contributed by atoms with van der Waals surface area (Å²) in [5.41, 5.74) is 1.88. The maximum Gasteiger partial charge on any atom is 0.146 e. The van der Waals surface area contributed by atoms with Crippen molar-refractivity contribution in [3.05, 3.63) is 54.4 Å². The number of benzene rings is 2. The van der Waals surface area contributed by atoms with Crippen molar-refractivity contribution in [2.75, 3.05) is 27.4 Å². The number of hydrogen-bond acceptors (Lipinski definition) is 3. The van der Waals surface area contributed by atoms with Crippen molar-refractivity contribution in [2.45, 2.75) is 12.8 Å². The SMILES string of the molecule is COCCc1c(Br)ccc(Oc2ccc(Br)c(CCOC)c2Cl)c1Cl. The molecule has 0 saturated heterocycles. The highest BCUT2D eigenvalue weighted by molar-refractivity contribution is 9.10. The first-order valence-corrected chi connectivity index (χ1v) is 9.93. The molecule has 0 radical (unpaired) electrons. The van der Waals surface area contributed by atoms with Crippen LogP contribution in [0.2, 0.25) is 10.0 Å². The minimum Gasteiger partial charge on any atom is -0.454 e. The standard InChI is InChI=1S/C18H18Br2Cl2O3/c1-23-9-7-11-13(19)3-5-15(17(11)21)25-16-6-4-14(20)12(18(16)22)8-10-24-2/h3-6H,7-10H2,1-2H3. The van der Waals surface area contributed by atoms with Crippen LogP contribution in [0.15, 0.2) is 33.2 Å².